The van der Waals surface area contributed by atoms with Gasteiger partial charge in [-0.3, -0.25) is 0 Å². The second kappa shape index (κ2) is 17.9. The lowest BCUT2D eigenvalue weighted by Crippen LogP contribution is -2.21. The molecule has 0 amide bonds. The van der Waals surface area contributed by atoms with Crippen LogP contribution in [0.25, 0.3) is 49.4 Å². The highest BCUT2D eigenvalue weighted by Gasteiger charge is 2.34. The van der Waals surface area contributed by atoms with Gasteiger partial charge in [-0.15, -0.1) is 0 Å². The van der Waals surface area contributed by atoms with Gasteiger partial charge in [0.05, 0.1) is 50.2 Å². The van der Waals surface area contributed by atoms with E-state index in [9.17, 15) is 0 Å². The van der Waals surface area contributed by atoms with Crippen LogP contribution in [0.1, 0.15) is 111 Å². The fraction of sp³-hybridized carbons (Fsp3) is 0.239. The molecule has 0 saturated carbocycles. The molecule has 0 fully saturated rings. The predicted octanol–water partition coefficient (Wildman–Crippen LogP) is 21.6. The molecule has 5 nitrogen and oxygen atoms in total. The maximum atomic E-state index is 8.31. The highest BCUT2D eigenvalue weighted by Crippen LogP contribution is 2.56. The van der Waals surface area contributed by atoms with E-state index in [1.165, 1.54) is 44.1 Å². The van der Waals surface area contributed by atoms with Crippen LogP contribution >= 0.6 is 11.6 Å². The highest BCUT2D eigenvalue weighted by atomic mass is 35.5. The SMILES string of the molecule is Cc1cc(N(c2cccc(N(c3ccc(C(C)(C)C)cc3)c3ccc(C(C)(C)C)cc3)c2)c2cccc3c2oc2ccccc23)c(Cl)c(N2c3ccccc3-n3c4ccc(C(C)(C)C)cc4c4cc(C(C)(C)C)cc2c43)c1. The summed E-state index contributed by atoms with van der Waals surface area (Å²) in [5, 5.41) is 5.21. The number of hydrogen-bond donors (Lipinski definition) is 0. The molecule has 12 rings (SSSR count). The van der Waals surface area contributed by atoms with Gasteiger partial charge in [0.2, 0.25) is 0 Å². The van der Waals surface area contributed by atoms with Crippen molar-refractivity contribution in [2.45, 2.75) is 112 Å². The van der Waals surface area contributed by atoms with Crippen LogP contribution in [0.4, 0.5) is 51.2 Å². The van der Waals surface area contributed by atoms with E-state index in [1.54, 1.807) is 0 Å². The predicted molar refractivity (Wildman–Crippen MR) is 330 cm³/mol. The summed E-state index contributed by atoms with van der Waals surface area (Å²) in [5.74, 6) is 0. The van der Waals surface area contributed by atoms with Crippen LogP contribution < -0.4 is 14.7 Å². The molecule has 77 heavy (non-hydrogen) atoms. The average molecular weight is 1030 g/mol. The number of para-hydroxylation sites is 4. The van der Waals surface area contributed by atoms with E-state index in [0.717, 1.165) is 84.4 Å². The molecular formula is C71H69ClN4O. The first-order chi connectivity index (χ1) is 36.5. The zero-order chi connectivity index (χ0) is 54.1. The van der Waals surface area contributed by atoms with E-state index in [1.807, 2.05) is 6.07 Å². The molecule has 11 aromatic rings. The molecule has 9 aromatic carbocycles. The molecule has 1 aliphatic rings. The minimum Gasteiger partial charge on any atom is -0.454 e. The molecule has 0 radical (unpaired) electrons. The molecule has 3 heterocycles. The summed E-state index contributed by atoms with van der Waals surface area (Å²) in [5.41, 5.74) is 20.0. The monoisotopic (exact) mass is 1030 g/mol. The molecule has 0 N–H and O–H groups in total. The van der Waals surface area contributed by atoms with Crippen molar-refractivity contribution in [3.63, 3.8) is 0 Å². The van der Waals surface area contributed by atoms with Crippen LogP contribution in [0.5, 0.6) is 0 Å². The Labute approximate surface area is 459 Å². The fourth-order valence-corrected chi connectivity index (χ4v) is 11.8. The number of anilines is 9. The minimum absolute atomic E-state index is 0.00793. The van der Waals surface area contributed by atoms with E-state index in [2.05, 4.69) is 285 Å². The van der Waals surface area contributed by atoms with Gasteiger partial charge in [0.1, 0.15) is 5.58 Å². The summed E-state index contributed by atoms with van der Waals surface area (Å²) in [6.45, 7) is 29.6. The van der Waals surface area contributed by atoms with Gasteiger partial charge in [0.25, 0.3) is 0 Å². The van der Waals surface area contributed by atoms with Gasteiger partial charge in [0.15, 0.2) is 5.58 Å². The van der Waals surface area contributed by atoms with Gasteiger partial charge in [0, 0.05) is 44.3 Å². The Morgan fingerprint density at radius 2 is 0.935 bits per heavy atom. The lowest BCUT2D eigenvalue weighted by Gasteiger charge is -2.36. The van der Waals surface area contributed by atoms with Crippen LogP contribution in [0, 0.1) is 6.92 Å². The Morgan fingerprint density at radius 3 is 1.57 bits per heavy atom. The van der Waals surface area contributed by atoms with Crippen molar-refractivity contribution in [2.75, 3.05) is 14.7 Å². The van der Waals surface area contributed by atoms with Gasteiger partial charge in [-0.1, -0.05) is 174 Å². The fourth-order valence-electron chi connectivity index (χ4n) is 11.5. The molecule has 386 valence electrons. The molecule has 0 spiro atoms. The lowest BCUT2D eigenvalue weighted by atomic mass is 9.84. The maximum absolute atomic E-state index is 8.31. The van der Waals surface area contributed by atoms with E-state index in [4.69, 9.17) is 16.0 Å². The number of fused-ring (bicyclic) bond motifs is 8. The van der Waals surface area contributed by atoms with Gasteiger partial charge < -0.3 is 23.7 Å². The Balaban J connectivity index is 1.12. The first kappa shape index (κ1) is 50.1. The standard InChI is InChI=1S/C71H69ClN4O/c1-44-38-61(65(72)62(39-44)75-58-24-15-16-25-59(58)76-57-37-32-47(70(8,9)10)40-55(57)56-41-48(71(11,12)13)42-63(75)66(56)76)74(60-26-19-23-54-53-22-14-17-27-64(53)77-67(54)60)52-21-18-20-51(43-52)73(49-33-28-45(29-34-49)68(2,3)4)50-35-30-46(31-36-50)69(5,6)7/h14-43H,1-13H3. The molecule has 0 bridgehead atoms. The largest absolute Gasteiger partial charge is 0.454 e. The molecule has 0 unspecified atom stereocenters. The Bertz CT molecular complexity index is 4050. The third-order valence-corrected chi connectivity index (χ3v) is 16.2. The Hall–Kier alpha value is -7.73. The third-order valence-electron chi connectivity index (χ3n) is 15.8. The molecule has 0 saturated heterocycles. The van der Waals surface area contributed by atoms with Crippen LogP contribution in [0.3, 0.4) is 0 Å². The van der Waals surface area contributed by atoms with Gasteiger partial charge in [-0.2, -0.15) is 0 Å². The molecule has 2 aromatic heterocycles. The maximum Gasteiger partial charge on any atom is 0.159 e. The first-order valence-electron chi connectivity index (χ1n) is 27.2. The van der Waals surface area contributed by atoms with Crippen LogP contribution in [0.2, 0.25) is 5.02 Å². The number of hydrogen-bond acceptors (Lipinski definition) is 4. The smallest absolute Gasteiger partial charge is 0.159 e. The minimum atomic E-state index is -0.144. The van der Waals surface area contributed by atoms with Gasteiger partial charge in [-0.05, 0) is 160 Å². The van der Waals surface area contributed by atoms with Crippen molar-refractivity contribution in [1.82, 2.24) is 4.57 Å². The number of aryl methyl sites for hydroxylation is 1. The van der Waals surface area contributed by atoms with E-state index >= 15 is 0 Å². The highest BCUT2D eigenvalue weighted by molar-refractivity contribution is 6.37. The number of nitrogens with zero attached hydrogens (tertiary/aromatic N) is 4. The summed E-state index contributed by atoms with van der Waals surface area (Å²) in [6, 6.07) is 67.0. The van der Waals surface area contributed by atoms with Crippen molar-refractivity contribution < 1.29 is 4.42 Å². The number of furan rings is 1. The summed E-state index contributed by atoms with van der Waals surface area (Å²) in [7, 11) is 0. The summed E-state index contributed by atoms with van der Waals surface area (Å²) >= 11 is 8.31. The summed E-state index contributed by atoms with van der Waals surface area (Å²) in [4.78, 5) is 7.11. The van der Waals surface area contributed by atoms with E-state index in [0.29, 0.717) is 5.02 Å². The van der Waals surface area contributed by atoms with Gasteiger partial charge in [-0.25, -0.2) is 0 Å². The Morgan fingerprint density at radius 1 is 0.390 bits per heavy atom. The lowest BCUT2D eigenvalue weighted by molar-refractivity contribution is 0.590. The van der Waals surface area contributed by atoms with E-state index in [-0.39, 0.29) is 21.7 Å². The number of halogens is 1. The van der Waals surface area contributed by atoms with Crippen LogP contribution in [-0.4, -0.2) is 4.57 Å². The average Bonchev–Trinajstić information content (AvgIpc) is 4.06. The normalized spacial score (nSPS) is 13.0. The van der Waals surface area contributed by atoms with Crippen LogP contribution in [0.15, 0.2) is 186 Å². The topological polar surface area (TPSA) is 27.8 Å². The molecular weight excluding hydrogens is 960 g/mol. The van der Waals surface area contributed by atoms with Crippen molar-refractivity contribution in [3.8, 4) is 5.69 Å². The van der Waals surface area contributed by atoms with Crippen molar-refractivity contribution in [2.24, 2.45) is 0 Å². The van der Waals surface area contributed by atoms with Crippen molar-refractivity contribution in [1.29, 1.82) is 0 Å². The number of aromatic nitrogens is 1. The first-order valence-corrected chi connectivity index (χ1v) is 27.6. The number of rotatable bonds is 7. The summed E-state index contributed by atoms with van der Waals surface area (Å²) < 4.78 is 9.42. The second-order valence-electron chi connectivity index (χ2n) is 25.4. The quantitative estimate of drug-likeness (QED) is 0.159. The zero-order valence-electron chi connectivity index (χ0n) is 46.9. The molecule has 0 aliphatic carbocycles. The van der Waals surface area contributed by atoms with Crippen LogP contribution in [-0.2, 0) is 21.7 Å². The molecule has 1 aliphatic heterocycles. The zero-order valence-corrected chi connectivity index (χ0v) is 47.7. The Kier molecular flexibility index (Phi) is 11.7. The number of benzene rings is 9. The second-order valence-corrected chi connectivity index (χ2v) is 25.8. The van der Waals surface area contributed by atoms with E-state index < -0.39 is 0 Å². The molecule has 0 atom stereocenters. The van der Waals surface area contributed by atoms with Crippen molar-refractivity contribution >= 4 is 107 Å². The third kappa shape index (κ3) is 8.55. The molecule has 6 heteroatoms. The summed E-state index contributed by atoms with van der Waals surface area (Å²) in [6.07, 6.45) is 0. The van der Waals surface area contributed by atoms with Crippen molar-refractivity contribution in [3.05, 3.63) is 215 Å². The van der Waals surface area contributed by atoms with Gasteiger partial charge >= 0.3 is 0 Å².